The predicted molar refractivity (Wildman–Crippen MR) is 254 cm³/mol. The molecule has 0 spiro atoms. The van der Waals surface area contributed by atoms with Gasteiger partial charge in [0, 0.05) is 0 Å². The van der Waals surface area contributed by atoms with E-state index in [4.69, 9.17) is 94.9 Å². The molecule has 0 aliphatic rings. The lowest BCUT2D eigenvalue weighted by molar-refractivity contribution is -0.904. The monoisotopic (exact) mass is 1400 g/mol. The molecule has 0 aromatic heterocycles. The topological polar surface area (TPSA) is 517 Å². The molecule has 0 aliphatic heterocycles. The number of aliphatic carboxylic acids is 12. The van der Waals surface area contributed by atoms with Crippen molar-refractivity contribution in [1.82, 2.24) is 0 Å². The van der Waals surface area contributed by atoms with Gasteiger partial charge in [0.2, 0.25) is 5.41 Å². The molecule has 0 saturated heterocycles. The molecule has 49 heteroatoms. The highest BCUT2D eigenvalue weighted by Gasteiger charge is 2.83. The molecular weight excluding hydrogens is 1330 g/mol. The fourth-order valence-corrected chi connectivity index (χ4v) is 4.19. The molecule has 0 heterocycles. The maximum Gasteiger partial charge on any atom is 0.424 e. The Morgan fingerprint density at radius 1 is 0.286 bits per heavy atom. The lowest BCUT2D eigenvalue weighted by Gasteiger charge is -2.38. The molecule has 0 unspecified atom stereocenters. The Bertz CT molecular complexity index is 1900. The van der Waals surface area contributed by atoms with Gasteiger partial charge < -0.3 is 99.4 Å². The van der Waals surface area contributed by atoms with E-state index in [-0.39, 0.29) is 0 Å². The van der Waals surface area contributed by atoms with Crippen LogP contribution in [0.15, 0.2) is 0 Å². The van der Waals surface area contributed by atoms with Crippen LogP contribution in [0, 0.1) is 16.2 Å². The number of carboxylic acid groups (broad SMARTS) is 12. The van der Waals surface area contributed by atoms with E-state index in [9.17, 15) is 118 Å². The largest absolute Gasteiger partial charge is 0.832 e. The molecule has 0 fully saturated rings. The molecule has 0 saturated carbocycles. The van der Waals surface area contributed by atoms with Crippen molar-refractivity contribution in [3.8, 4) is 0 Å². The van der Waals surface area contributed by atoms with Gasteiger partial charge in [-0.25, -0.2) is 28.8 Å². The summed E-state index contributed by atoms with van der Waals surface area (Å²) in [5, 5.41) is 118. The molecule has 0 aromatic carbocycles. The summed E-state index contributed by atoms with van der Waals surface area (Å²) in [6.45, 7) is 31.5. The number of alkyl halides is 18. The summed E-state index contributed by atoms with van der Waals surface area (Å²) < 4.78 is 217. The van der Waals surface area contributed by atoms with E-state index < -0.39 is 132 Å². The van der Waals surface area contributed by atoms with Gasteiger partial charge in [-0.2, -0.15) is 79.0 Å². The normalized spacial score (nSPS) is 11.7. The minimum Gasteiger partial charge on any atom is -0.832 e. The second kappa shape index (κ2) is 43.1. The summed E-state index contributed by atoms with van der Waals surface area (Å²) in [4.78, 5) is 114. The molecule has 30 nitrogen and oxygen atoms in total. The SMILES string of the molecule is CC[N+](C)(CC)CC.CC[N+](C)(CC)CC.CC[N+](C)(CC)CC.O=C(O)C(=O)O.O=C(O)C(=O)O.O=C(O)C(=O)O.O=C(O)C(C(=O)O)(C(F)(F)F)C(F)(F)F.O=C(O)C(C(=O)O)(C(F)(F)F)C(F)(F)F.O=C([O-])C(C(=O)[O-])(C(F)(F)F)C(F)(F)F.[O-]B(O)O. The highest BCUT2D eigenvalue weighted by Crippen LogP contribution is 2.52. The van der Waals surface area contributed by atoms with E-state index in [0.29, 0.717) is 0 Å². The molecule has 91 heavy (non-hydrogen) atoms. The van der Waals surface area contributed by atoms with Crippen LogP contribution in [0.1, 0.15) is 62.3 Å². The molecule has 0 aromatic rings. The van der Waals surface area contributed by atoms with Gasteiger partial charge >= 0.3 is 115 Å². The zero-order chi connectivity index (χ0) is 76.9. The first-order valence-corrected chi connectivity index (χ1v) is 23.5. The zero-order valence-electron chi connectivity index (χ0n) is 49.1. The minimum absolute atomic E-state index is 1.21. The van der Waals surface area contributed by atoms with E-state index in [1.807, 2.05) is 0 Å². The second-order valence-corrected chi connectivity index (χ2v) is 16.9. The number of quaternary nitrogens is 3. The van der Waals surface area contributed by atoms with Crippen molar-refractivity contribution >= 4 is 79.0 Å². The first-order valence-electron chi connectivity index (χ1n) is 23.5. The van der Waals surface area contributed by atoms with Crippen molar-refractivity contribution in [2.45, 2.75) is 99.4 Å². The van der Waals surface area contributed by atoms with Crippen molar-refractivity contribution in [1.29, 1.82) is 0 Å². The van der Waals surface area contributed by atoms with E-state index >= 15 is 0 Å². The number of rotatable bonds is 15. The fourth-order valence-electron chi connectivity index (χ4n) is 4.19. The van der Waals surface area contributed by atoms with Crippen LogP contribution >= 0.6 is 0 Å². The highest BCUT2D eigenvalue weighted by atomic mass is 19.4. The van der Waals surface area contributed by atoms with E-state index in [1.54, 1.807) is 0 Å². The van der Waals surface area contributed by atoms with Crippen LogP contribution in [0.5, 0.6) is 0 Å². The smallest absolute Gasteiger partial charge is 0.424 e. The molecule has 0 atom stereocenters. The second-order valence-electron chi connectivity index (χ2n) is 16.9. The number of carbonyl (C=O) groups is 12. The Labute approximate surface area is 500 Å². The lowest BCUT2D eigenvalue weighted by Crippen LogP contribution is -2.68. The maximum absolute atomic E-state index is 11.9. The van der Waals surface area contributed by atoms with Crippen LogP contribution in [0.2, 0.25) is 0 Å². The van der Waals surface area contributed by atoms with Crippen LogP contribution in [-0.4, -0.2) is 271 Å². The Hall–Kier alpha value is -7.80. The number of nitrogens with zero attached hydrogens (tertiary/aromatic N) is 3. The van der Waals surface area contributed by atoms with Gasteiger partial charge in [-0.1, -0.05) is 0 Å². The number of carboxylic acids is 12. The summed E-state index contributed by atoms with van der Waals surface area (Å²) in [7, 11) is 4.46. The summed E-state index contributed by atoms with van der Waals surface area (Å²) in [6.07, 6.45) is -39.1. The minimum atomic E-state index is -6.61. The molecule has 12 N–H and O–H groups in total. The molecule has 0 amide bonds. The summed E-state index contributed by atoms with van der Waals surface area (Å²) in [5.74, 6) is -32.8. The van der Waals surface area contributed by atoms with Crippen LogP contribution in [0.4, 0.5) is 79.0 Å². The average Bonchev–Trinajstić information content (AvgIpc) is 0.808. The van der Waals surface area contributed by atoms with E-state index in [0.717, 1.165) is 0 Å². The number of carbonyl (C=O) groups excluding carboxylic acids is 2. The van der Waals surface area contributed by atoms with Crippen molar-refractivity contribution in [2.75, 3.05) is 80.0 Å². The predicted octanol–water partition coefficient (Wildman–Crippen LogP) is 0.392. The van der Waals surface area contributed by atoms with Gasteiger partial charge in [-0.15, -0.1) is 0 Å². The van der Waals surface area contributed by atoms with Crippen LogP contribution in [-0.2, 0) is 57.5 Å². The Morgan fingerprint density at radius 2 is 0.374 bits per heavy atom. The standard InChI is InChI=1S/3C7H18N.3C5H2F6O4.3C2H2O4.BH2O3/c3*1-5-8(4,6-2)7-3;3*6-4(7,8)3(1(12)13,2(14)15)5(9,10)11;3*3-1(4)2(5)6;2-1(3)4/h3*5-7H2,1-4H3;3*(H,12,13)(H,14,15);3*(H,3,4)(H,5,6);2-3H/q3*+1;;;;;;;-1/p-2. The molecule has 0 rings (SSSR count). The zero-order valence-corrected chi connectivity index (χ0v) is 49.1. The number of halogens is 18. The molecule has 0 aliphatic carbocycles. The first kappa shape index (κ1) is 105. The maximum atomic E-state index is 11.9. The first-order chi connectivity index (χ1) is 39.9. The Kier molecular flexibility index (Phi) is 49.6. The van der Waals surface area contributed by atoms with Gasteiger partial charge in [0.05, 0.1) is 92.0 Å². The Balaban J connectivity index is -0.000000103. The number of hydrogen-bond acceptors (Lipinski definition) is 17. The van der Waals surface area contributed by atoms with Gasteiger partial charge in [0.15, 0.2) is 0 Å². The molecule has 540 valence electrons. The third-order valence-electron chi connectivity index (χ3n) is 11.9. The van der Waals surface area contributed by atoms with E-state index in [2.05, 4.69) is 83.5 Å². The lowest BCUT2D eigenvalue weighted by atomic mass is 9.86. The molecule has 0 bridgehead atoms. The van der Waals surface area contributed by atoms with Crippen molar-refractivity contribution in [3.63, 3.8) is 0 Å². The molecular formula is C42H66BF18N3O27. The van der Waals surface area contributed by atoms with Crippen LogP contribution in [0.3, 0.4) is 0 Å². The van der Waals surface area contributed by atoms with Gasteiger partial charge in [-0.05, 0) is 62.3 Å². The summed E-state index contributed by atoms with van der Waals surface area (Å²) in [5.41, 5.74) is -17.6. The van der Waals surface area contributed by atoms with Crippen molar-refractivity contribution in [3.05, 3.63) is 0 Å². The quantitative estimate of drug-likeness (QED) is 0.0347. The fraction of sp³-hybridized carbons (Fsp3) is 0.714. The summed E-state index contributed by atoms with van der Waals surface area (Å²) in [6, 6.07) is 0. The average molecular weight is 1400 g/mol. The van der Waals surface area contributed by atoms with Crippen LogP contribution < -0.4 is 15.2 Å². The third-order valence-corrected chi connectivity index (χ3v) is 11.9. The van der Waals surface area contributed by atoms with Crippen molar-refractivity contribution in [2.24, 2.45) is 16.2 Å². The Morgan fingerprint density at radius 3 is 0.374 bits per heavy atom. The van der Waals surface area contributed by atoms with E-state index in [1.165, 1.54) is 72.4 Å². The third kappa shape index (κ3) is 36.0. The van der Waals surface area contributed by atoms with Gasteiger partial charge in [0.1, 0.15) is 0 Å². The molecule has 0 radical (unpaired) electrons. The van der Waals surface area contributed by atoms with Crippen molar-refractivity contribution < 1.29 is 226 Å². The van der Waals surface area contributed by atoms with Gasteiger partial charge in [-0.3, -0.25) is 19.2 Å². The summed E-state index contributed by atoms with van der Waals surface area (Å²) >= 11 is 0. The number of hydrogen-bond donors (Lipinski definition) is 12. The highest BCUT2D eigenvalue weighted by molar-refractivity contribution is 6.28. The van der Waals surface area contributed by atoms with Gasteiger partial charge in [0.25, 0.3) is 0 Å². The van der Waals surface area contributed by atoms with Crippen LogP contribution in [0.25, 0.3) is 0 Å².